The summed E-state index contributed by atoms with van der Waals surface area (Å²) in [5.74, 6) is 0.630. The Balaban J connectivity index is 1.93. The van der Waals surface area contributed by atoms with Crippen LogP contribution in [0.15, 0.2) is 12.3 Å². The van der Waals surface area contributed by atoms with Gasteiger partial charge in [-0.1, -0.05) is 0 Å². The number of ether oxygens (including phenoxy) is 1. The molecule has 4 nitrogen and oxygen atoms in total. The number of hydrogen-bond donors (Lipinski definition) is 0. The molecular weight excluding hydrogens is 319 g/mol. The molecule has 0 unspecified atom stereocenters. The zero-order valence-corrected chi connectivity index (χ0v) is 14.5. The van der Waals surface area contributed by atoms with Gasteiger partial charge in [-0.2, -0.15) is 13.2 Å². The van der Waals surface area contributed by atoms with Crippen molar-refractivity contribution < 1.29 is 17.9 Å². The fraction of sp³-hybridized carbons (Fsp3) is 0.706. The lowest BCUT2D eigenvalue weighted by molar-refractivity contribution is -0.137. The summed E-state index contributed by atoms with van der Waals surface area (Å²) < 4.78 is 44.5. The van der Waals surface area contributed by atoms with Crippen LogP contribution < -0.4 is 4.90 Å². The summed E-state index contributed by atoms with van der Waals surface area (Å²) in [4.78, 5) is 8.70. The molecule has 0 radical (unpaired) electrons. The van der Waals surface area contributed by atoms with Crippen LogP contribution in [0.25, 0.3) is 0 Å². The number of hydrogen-bond acceptors (Lipinski definition) is 4. The molecule has 0 N–H and O–H groups in total. The highest BCUT2D eigenvalue weighted by Gasteiger charge is 2.40. The number of pyridine rings is 1. The first kappa shape index (κ1) is 17.5. The van der Waals surface area contributed by atoms with E-state index in [9.17, 15) is 13.2 Å². The second kappa shape index (κ2) is 5.88. The molecule has 1 aromatic rings. The molecule has 1 aromatic heterocycles. The molecule has 0 aliphatic carbocycles. The van der Waals surface area contributed by atoms with Crippen molar-refractivity contribution in [3.63, 3.8) is 0 Å². The summed E-state index contributed by atoms with van der Waals surface area (Å²) in [5, 5.41) is 0. The molecule has 1 fully saturated rings. The van der Waals surface area contributed by atoms with Gasteiger partial charge in [0.1, 0.15) is 5.82 Å². The normalized spacial score (nSPS) is 25.9. The van der Waals surface area contributed by atoms with Crippen LogP contribution in [0.3, 0.4) is 0 Å². The van der Waals surface area contributed by atoms with Gasteiger partial charge >= 0.3 is 6.18 Å². The summed E-state index contributed by atoms with van der Waals surface area (Å²) in [6, 6.07) is 1.56. The number of rotatable bonds is 0. The van der Waals surface area contributed by atoms with E-state index in [4.69, 9.17) is 4.74 Å². The number of anilines is 1. The van der Waals surface area contributed by atoms with E-state index in [0.29, 0.717) is 18.0 Å². The van der Waals surface area contributed by atoms with Crippen LogP contribution >= 0.6 is 0 Å². The van der Waals surface area contributed by atoms with Gasteiger partial charge in [-0.3, -0.25) is 4.90 Å². The standard InChI is InChI=1S/C17H24F3N3O/c1-11-7-22-14(8-23(11)16(2,3)4)10-24-9-12-5-13(17(18,19)20)6-21-15(12)22/h5-6,11,14H,7-10H2,1-4H3/t11-,14+/m0/s1. The van der Waals surface area contributed by atoms with Crippen molar-refractivity contribution in [3.8, 4) is 0 Å². The molecular formula is C17H24F3N3O. The van der Waals surface area contributed by atoms with Crippen molar-refractivity contribution >= 4 is 5.82 Å². The number of alkyl halides is 3. The molecule has 1 saturated heterocycles. The van der Waals surface area contributed by atoms with Gasteiger partial charge in [-0.05, 0) is 33.8 Å². The van der Waals surface area contributed by atoms with Gasteiger partial charge < -0.3 is 9.64 Å². The summed E-state index contributed by atoms with van der Waals surface area (Å²) in [6.45, 7) is 10.9. The first-order valence-electron chi connectivity index (χ1n) is 8.24. The fourth-order valence-corrected chi connectivity index (χ4v) is 3.70. The zero-order valence-electron chi connectivity index (χ0n) is 14.5. The van der Waals surface area contributed by atoms with E-state index < -0.39 is 11.7 Å². The molecule has 3 heterocycles. The lowest BCUT2D eigenvalue weighted by Crippen LogP contribution is -2.63. The highest BCUT2D eigenvalue weighted by atomic mass is 19.4. The predicted molar refractivity (Wildman–Crippen MR) is 86.0 cm³/mol. The van der Waals surface area contributed by atoms with Gasteiger partial charge in [0.05, 0.1) is 24.8 Å². The van der Waals surface area contributed by atoms with Crippen LogP contribution in [-0.2, 0) is 17.5 Å². The molecule has 2 atom stereocenters. The summed E-state index contributed by atoms with van der Waals surface area (Å²) >= 11 is 0. The number of aromatic nitrogens is 1. The number of piperazine rings is 1. The molecule has 7 heteroatoms. The van der Waals surface area contributed by atoms with Gasteiger partial charge in [-0.15, -0.1) is 0 Å². The number of halogens is 3. The van der Waals surface area contributed by atoms with Crippen molar-refractivity contribution in [3.05, 3.63) is 23.4 Å². The average Bonchev–Trinajstić information content (AvgIpc) is 2.63. The van der Waals surface area contributed by atoms with Crippen molar-refractivity contribution in [2.75, 3.05) is 24.6 Å². The molecule has 0 bridgehead atoms. The van der Waals surface area contributed by atoms with Crippen LogP contribution in [0.1, 0.15) is 38.8 Å². The van der Waals surface area contributed by atoms with Gasteiger partial charge in [-0.25, -0.2) is 4.98 Å². The zero-order chi connectivity index (χ0) is 17.7. The monoisotopic (exact) mass is 343 g/mol. The topological polar surface area (TPSA) is 28.6 Å². The maximum atomic E-state index is 12.9. The Morgan fingerprint density at radius 1 is 1.21 bits per heavy atom. The van der Waals surface area contributed by atoms with Crippen molar-refractivity contribution in [1.29, 1.82) is 0 Å². The Hall–Kier alpha value is -1.34. The summed E-state index contributed by atoms with van der Waals surface area (Å²) in [7, 11) is 0. The number of fused-ring (bicyclic) bond motifs is 3. The molecule has 0 amide bonds. The second-order valence-corrected chi connectivity index (χ2v) is 7.70. The predicted octanol–water partition coefficient (Wildman–Crippen LogP) is 3.31. The van der Waals surface area contributed by atoms with Gasteiger partial charge in [0.2, 0.25) is 0 Å². The van der Waals surface area contributed by atoms with Gasteiger partial charge in [0.25, 0.3) is 0 Å². The molecule has 0 spiro atoms. The van der Waals surface area contributed by atoms with E-state index in [0.717, 1.165) is 19.3 Å². The highest BCUT2D eigenvalue weighted by Crippen LogP contribution is 2.35. The van der Waals surface area contributed by atoms with Crippen molar-refractivity contribution in [1.82, 2.24) is 9.88 Å². The Morgan fingerprint density at radius 2 is 1.92 bits per heavy atom. The van der Waals surface area contributed by atoms with Crippen molar-refractivity contribution in [2.45, 2.75) is 58.1 Å². The SMILES string of the molecule is C[C@H]1CN2c3ncc(C(F)(F)F)cc3COC[C@H]2CN1C(C)(C)C. The third-order valence-electron chi connectivity index (χ3n) is 4.81. The Morgan fingerprint density at radius 3 is 2.54 bits per heavy atom. The molecule has 3 rings (SSSR count). The second-order valence-electron chi connectivity index (χ2n) is 7.70. The molecule has 0 aromatic carbocycles. The van der Waals surface area contributed by atoms with E-state index in [2.05, 4.69) is 42.5 Å². The van der Waals surface area contributed by atoms with E-state index in [1.54, 1.807) is 0 Å². The van der Waals surface area contributed by atoms with Crippen LogP contribution in [0.4, 0.5) is 19.0 Å². The smallest absolute Gasteiger partial charge is 0.374 e. The van der Waals surface area contributed by atoms with Gasteiger partial charge in [0.15, 0.2) is 0 Å². The van der Waals surface area contributed by atoms with Crippen molar-refractivity contribution in [2.24, 2.45) is 0 Å². The molecule has 2 aliphatic heterocycles. The maximum Gasteiger partial charge on any atom is 0.417 e. The quantitative estimate of drug-likeness (QED) is 0.723. The summed E-state index contributed by atoms with van der Waals surface area (Å²) in [5.41, 5.74) is -0.165. The van der Waals surface area contributed by atoms with Crippen LogP contribution in [0, 0.1) is 0 Å². The maximum absolute atomic E-state index is 12.9. The lowest BCUT2D eigenvalue weighted by Gasteiger charge is -2.50. The third-order valence-corrected chi connectivity index (χ3v) is 4.81. The first-order chi connectivity index (χ1) is 11.1. The first-order valence-corrected chi connectivity index (χ1v) is 8.24. The molecule has 0 saturated carbocycles. The van der Waals surface area contributed by atoms with Gasteiger partial charge in [0, 0.05) is 36.4 Å². The van der Waals surface area contributed by atoms with E-state index in [1.807, 2.05) is 0 Å². The fourth-order valence-electron chi connectivity index (χ4n) is 3.70. The Labute approximate surface area is 140 Å². The minimum Gasteiger partial charge on any atom is -0.374 e. The molecule has 24 heavy (non-hydrogen) atoms. The van der Waals surface area contributed by atoms with E-state index >= 15 is 0 Å². The van der Waals surface area contributed by atoms with Crippen LogP contribution in [-0.4, -0.2) is 47.2 Å². The lowest BCUT2D eigenvalue weighted by atomic mass is 9.98. The van der Waals surface area contributed by atoms with Crippen LogP contribution in [0.2, 0.25) is 0 Å². The van der Waals surface area contributed by atoms with E-state index in [1.165, 1.54) is 6.07 Å². The Bertz CT molecular complexity index is 612. The largest absolute Gasteiger partial charge is 0.417 e. The van der Waals surface area contributed by atoms with Crippen LogP contribution in [0.5, 0.6) is 0 Å². The minimum absolute atomic E-state index is 0.0359. The number of nitrogens with zero attached hydrogens (tertiary/aromatic N) is 3. The average molecular weight is 343 g/mol. The minimum atomic E-state index is -4.38. The Kier molecular flexibility index (Phi) is 4.28. The summed E-state index contributed by atoms with van der Waals surface area (Å²) in [6.07, 6.45) is -3.45. The van der Waals surface area contributed by atoms with E-state index in [-0.39, 0.29) is 24.2 Å². The molecule has 134 valence electrons. The highest BCUT2D eigenvalue weighted by molar-refractivity contribution is 5.51. The third kappa shape index (κ3) is 3.24. The molecule has 2 aliphatic rings.